The van der Waals surface area contributed by atoms with Gasteiger partial charge in [-0.05, 0) is 24.7 Å². The average Bonchev–Trinajstić information content (AvgIpc) is 2.46. The number of rotatable bonds is 6. The predicted molar refractivity (Wildman–Crippen MR) is 77.3 cm³/mol. The van der Waals surface area contributed by atoms with Gasteiger partial charge < -0.3 is 15.0 Å². The maximum atomic E-state index is 11.5. The third-order valence-corrected chi connectivity index (χ3v) is 3.11. The van der Waals surface area contributed by atoms with Crippen molar-refractivity contribution in [2.75, 3.05) is 27.7 Å². The van der Waals surface area contributed by atoms with Crippen LogP contribution in [0.15, 0.2) is 24.3 Å². The summed E-state index contributed by atoms with van der Waals surface area (Å²) < 4.78 is 4.65. The molecule has 0 fully saturated rings. The Balaban J connectivity index is 2.56. The lowest BCUT2D eigenvalue weighted by Crippen LogP contribution is -2.34. The van der Waals surface area contributed by atoms with Crippen molar-refractivity contribution >= 4 is 11.9 Å². The van der Waals surface area contributed by atoms with Gasteiger partial charge in [-0.15, -0.1) is 0 Å². The fourth-order valence-electron chi connectivity index (χ4n) is 2.04. The average molecular weight is 278 g/mol. The van der Waals surface area contributed by atoms with E-state index in [1.165, 1.54) is 7.11 Å². The zero-order valence-electron chi connectivity index (χ0n) is 12.5. The van der Waals surface area contributed by atoms with Crippen molar-refractivity contribution in [3.8, 4) is 0 Å². The van der Waals surface area contributed by atoms with Gasteiger partial charge in [0.15, 0.2) is 0 Å². The van der Waals surface area contributed by atoms with Gasteiger partial charge in [-0.2, -0.15) is 0 Å². The molecule has 1 N–H and O–H groups in total. The molecular weight excluding hydrogens is 256 g/mol. The van der Waals surface area contributed by atoms with Crippen LogP contribution in [-0.2, 0) is 16.1 Å². The Kier molecular flexibility index (Phi) is 6.18. The largest absolute Gasteiger partial charge is 0.465 e. The van der Waals surface area contributed by atoms with Gasteiger partial charge in [-0.25, -0.2) is 4.79 Å². The van der Waals surface area contributed by atoms with Crippen LogP contribution in [0.1, 0.15) is 22.8 Å². The third-order valence-electron chi connectivity index (χ3n) is 3.11. The van der Waals surface area contributed by atoms with Crippen LogP contribution in [0.2, 0.25) is 0 Å². The molecule has 0 saturated heterocycles. The van der Waals surface area contributed by atoms with E-state index in [1.807, 2.05) is 26.1 Å². The van der Waals surface area contributed by atoms with E-state index in [1.54, 1.807) is 19.2 Å². The molecular formula is C15H22N2O3. The van der Waals surface area contributed by atoms with E-state index in [4.69, 9.17) is 0 Å². The van der Waals surface area contributed by atoms with Gasteiger partial charge in [0, 0.05) is 26.1 Å². The second-order valence-corrected chi connectivity index (χ2v) is 4.90. The molecule has 110 valence electrons. The number of hydrogen-bond donors (Lipinski definition) is 1. The molecule has 0 aromatic heterocycles. The molecule has 20 heavy (non-hydrogen) atoms. The smallest absolute Gasteiger partial charge is 0.337 e. The predicted octanol–water partition coefficient (Wildman–Crippen LogP) is 1.29. The molecule has 0 radical (unpaired) electrons. The number of benzene rings is 1. The van der Waals surface area contributed by atoms with E-state index in [2.05, 4.69) is 15.0 Å². The Morgan fingerprint density at radius 1 is 1.30 bits per heavy atom. The van der Waals surface area contributed by atoms with Crippen molar-refractivity contribution in [1.29, 1.82) is 0 Å². The molecule has 0 spiro atoms. The van der Waals surface area contributed by atoms with Gasteiger partial charge >= 0.3 is 5.97 Å². The van der Waals surface area contributed by atoms with Crippen molar-refractivity contribution in [2.24, 2.45) is 5.92 Å². The summed E-state index contributed by atoms with van der Waals surface area (Å²) in [6.07, 6.45) is 0. The molecule has 1 unspecified atom stereocenters. The monoisotopic (exact) mass is 278 g/mol. The van der Waals surface area contributed by atoms with Crippen LogP contribution in [0.3, 0.4) is 0 Å². The van der Waals surface area contributed by atoms with Crippen LogP contribution in [0.4, 0.5) is 0 Å². The quantitative estimate of drug-likeness (QED) is 0.797. The van der Waals surface area contributed by atoms with E-state index in [0.29, 0.717) is 12.1 Å². The van der Waals surface area contributed by atoms with Crippen LogP contribution >= 0.6 is 0 Å². The van der Waals surface area contributed by atoms with E-state index in [9.17, 15) is 9.59 Å². The van der Waals surface area contributed by atoms with Crippen LogP contribution in [0, 0.1) is 5.92 Å². The lowest BCUT2D eigenvalue weighted by Gasteiger charge is -2.20. The standard InChI is InChI=1S/C15H22N2O3/c1-11(14(18)16-2)9-17(3)10-12-5-7-13(8-6-12)15(19)20-4/h5-8,11H,9-10H2,1-4H3,(H,16,18). The number of amides is 1. The number of ether oxygens (including phenoxy) is 1. The summed E-state index contributed by atoms with van der Waals surface area (Å²) in [4.78, 5) is 24.9. The first-order chi connectivity index (χ1) is 9.47. The molecule has 0 aliphatic carbocycles. The Morgan fingerprint density at radius 3 is 2.40 bits per heavy atom. The Labute approximate surface area is 119 Å². The first kappa shape index (κ1) is 16.2. The van der Waals surface area contributed by atoms with Gasteiger partial charge in [0.05, 0.1) is 12.7 Å². The normalized spacial score (nSPS) is 12.1. The fourth-order valence-corrected chi connectivity index (χ4v) is 2.04. The summed E-state index contributed by atoms with van der Waals surface area (Å²) in [6.45, 7) is 3.30. The van der Waals surface area contributed by atoms with Gasteiger partial charge in [0.25, 0.3) is 0 Å². The topological polar surface area (TPSA) is 58.6 Å². The first-order valence-corrected chi connectivity index (χ1v) is 6.55. The van der Waals surface area contributed by atoms with Gasteiger partial charge in [-0.1, -0.05) is 19.1 Å². The number of esters is 1. The number of nitrogens with one attached hydrogen (secondary N) is 1. The molecule has 1 aromatic carbocycles. The summed E-state index contributed by atoms with van der Waals surface area (Å²) in [5.41, 5.74) is 1.63. The molecule has 1 amide bonds. The van der Waals surface area contributed by atoms with Crippen LogP contribution in [0.5, 0.6) is 0 Å². The Morgan fingerprint density at radius 2 is 1.90 bits per heavy atom. The van der Waals surface area contributed by atoms with Crippen molar-refractivity contribution in [1.82, 2.24) is 10.2 Å². The Hall–Kier alpha value is -1.88. The van der Waals surface area contributed by atoms with Crippen molar-refractivity contribution in [3.63, 3.8) is 0 Å². The highest BCUT2D eigenvalue weighted by Gasteiger charge is 2.13. The minimum atomic E-state index is -0.335. The van der Waals surface area contributed by atoms with Crippen LogP contribution in [0.25, 0.3) is 0 Å². The molecule has 0 bridgehead atoms. The molecule has 5 heteroatoms. The van der Waals surface area contributed by atoms with Crippen molar-refractivity contribution < 1.29 is 14.3 Å². The van der Waals surface area contributed by atoms with Crippen molar-refractivity contribution in [3.05, 3.63) is 35.4 Å². The highest BCUT2D eigenvalue weighted by Crippen LogP contribution is 2.09. The minimum Gasteiger partial charge on any atom is -0.465 e. The molecule has 5 nitrogen and oxygen atoms in total. The second kappa shape index (κ2) is 7.65. The molecule has 1 rings (SSSR count). The first-order valence-electron chi connectivity index (χ1n) is 6.55. The third kappa shape index (κ3) is 4.66. The SMILES string of the molecule is CNC(=O)C(C)CN(C)Cc1ccc(C(=O)OC)cc1. The van der Waals surface area contributed by atoms with E-state index >= 15 is 0 Å². The zero-order chi connectivity index (χ0) is 15.1. The van der Waals surface area contributed by atoms with E-state index in [-0.39, 0.29) is 17.8 Å². The maximum absolute atomic E-state index is 11.5. The number of carbonyl (C=O) groups is 2. The molecule has 1 atom stereocenters. The molecule has 0 heterocycles. The van der Waals surface area contributed by atoms with Gasteiger partial charge in [0.1, 0.15) is 0 Å². The summed E-state index contributed by atoms with van der Waals surface area (Å²) >= 11 is 0. The van der Waals surface area contributed by atoms with E-state index < -0.39 is 0 Å². The summed E-state index contributed by atoms with van der Waals surface area (Å²) in [5, 5.41) is 2.64. The highest BCUT2D eigenvalue weighted by atomic mass is 16.5. The second-order valence-electron chi connectivity index (χ2n) is 4.90. The van der Waals surface area contributed by atoms with Crippen molar-refractivity contribution in [2.45, 2.75) is 13.5 Å². The molecule has 0 saturated carbocycles. The minimum absolute atomic E-state index is 0.0397. The summed E-state index contributed by atoms with van der Waals surface area (Å²) in [6, 6.07) is 7.29. The lowest BCUT2D eigenvalue weighted by molar-refractivity contribution is -0.124. The molecule has 0 aliphatic rings. The van der Waals surface area contributed by atoms with Crippen LogP contribution < -0.4 is 5.32 Å². The number of methoxy groups -OCH3 is 1. The number of carbonyl (C=O) groups excluding carboxylic acids is 2. The summed E-state index contributed by atoms with van der Waals surface area (Å²) in [5.74, 6) is -0.352. The number of nitrogens with zero attached hydrogens (tertiary/aromatic N) is 1. The lowest BCUT2D eigenvalue weighted by atomic mass is 10.1. The maximum Gasteiger partial charge on any atom is 0.337 e. The van der Waals surface area contributed by atoms with E-state index in [0.717, 1.165) is 12.1 Å². The number of hydrogen-bond acceptors (Lipinski definition) is 4. The Bertz CT molecular complexity index is 457. The molecule has 1 aromatic rings. The van der Waals surface area contributed by atoms with Crippen LogP contribution in [-0.4, -0.2) is 44.5 Å². The molecule has 0 aliphatic heterocycles. The van der Waals surface area contributed by atoms with Gasteiger partial charge in [-0.3, -0.25) is 4.79 Å². The zero-order valence-corrected chi connectivity index (χ0v) is 12.5. The highest BCUT2D eigenvalue weighted by molar-refractivity contribution is 5.89. The fraction of sp³-hybridized carbons (Fsp3) is 0.467. The summed E-state index contributed by atoms with van der Waals surface area (Å²) in [7, 11) is 4.97. The van der Waals surface area contributed by atoms with Gasteiger partial charge in [0.2, 0.25) is 5.91 Å².